The highest BCUT2D eigenvalue weighted by Crippen LogP contribution is 2.17. The van der Waals surface area contributed by atoms with Gasteiger partial charge in [0.1, 0.15) is 5.82 Å². The fourth-order valence-corrected chi connectivity index (χ4v) is 1.40. The zero-order valence-corrected chi connectivity index (χ0v) is 9.82. The molecule has 0 radical (unpaired) electrons. The maximum atomic E-state index is 10.9. The number of rotatable bonds is 5. The van der Waals surface area contributed by atoms with E-state index in [1.54, 1.807) is 13.2 Å². The fraction of sp³-hybridized carbons (Fsp3) is 0.500. The third kappa shape index (κ3) is 2.82. The van der Waals surface area contributed by atoms with Crippen LogP contribution in [0.15, 0.2) is 6.20 Å². The van der Waals surface area contributed by atoms with E-state index in [1.807, 2.05) is 18.7 Å². The van der Waals surface area contributed by atoms with Crippen LogP contribution in [0.3, 0.4) is 0 Å². The summed E-state index contributed by atoms with van der Waals surface area (Å²) < 4.78 is 0. The number of amides is 1. The van der Waals surface area contributed by atoms with Crippen molar-refractivity contribution < 1.29 is 4.79 Å². The summed E-state index contributed by atoms with van der Waals surface area (Å²) in [6.45, 7) is 4.68. The third-order valence-electron chi connectivity index (χ3n) is 2.20. The predicted molar refractivity (Wildman–Crippen MR) is 63.4 cm³/mol. The Hall–Kier alpha value is -1.85. The molecule has 0 saturated carbocycles. The molecule has 1 aromatic rings. The van der Waals surface area contributed by atoms with Gasteiger partial charge in [-0.05, 0) is 13.8 Å². The van der Waals surface area contributed by atoms with Crippen molar-refractivity contribution in [2.75, 3.05) is 30.4 Å². The molecule has 0 bridgehead atoms. The lowest BCUT2D eigenvalue weighted by molar-refractivity contribution is -0.116. The van der Waals surface area contributed by atoms with E-state index in [0.717, 1.165) is 11.4 Å². The highest BCUT2D eigenvalue weighted by atomic mass is 16.1. The van der Waals surface area contributed by atoms with Gasteiger partial charge in [-0.2, -0.15) is 4.98 Å². The Bertz CT molecular complexity index is 379. The van der Waals surface area contributed by atoms with Crippen molar-refractivity contribution in [2.24, 2.45) is 5.73 Å². The molecule has 0 aliphatic heterocycles. The molecule has 0 saturated heterocycles. The minimum absolute atomic E-state index is 0.164. The van der Waals surface area contributed by atoms with E-state index in [-0.39, 0.29) is 12.5 Å². The Morgan fingerprint density at radius 1 is 1.62 bits per heavy atom. The number of carbonyl (C=O) groups excluding carboxylic acids is 1. The summed E-state index contributed by atoms with van der Waals surface area (Å²) >= 11 is 0. The first kappa shape index (κ1) is 12.2. The summed E-state index contributed by atoms with van der Waals surface area (Å²) in [6, 6.07) is 0. The summed E-state index contributed by atoms with van der Waals surface area (Å²) in [4.78, 5) is 21.1. The molecule has 6 nitrogen and oxygen atoms in total. The van der Waals surface area contributed by atoms with Crippen LogP contribution in [-0.4, -0.2) is 36.0 Å². The van der Waals surface area contributed by atoms with Crippen LogP contribution < -0.4 is 16.0 Å². The molecule has 0 unspecified atom stereocenters. The molecule has 3 N–H and O–H groups in total. The standard InChI is InChI=1S/C10H17N5O/c1-4-15(6-8(11)16)9-7(2)5-13-10(12-3)14-9/h5H,4,6H2,1-3H3,(H2,11,16)(H,12,13,14). The molecule has 0 aliphatic carbocycles. The second-order valence-corrected chi connectivity index (χ2v) is 3.43. The lowest BCUT2D eigenvalue weighted by atomic mass is 10.3. The molecule has 1 amide bonds. The van der Waals surface area contributed by atoms with Crippen molar-refractivity contribution in [1.29, 1.82) is 0 Å². The maximum Gasteiger partial charge on any atom is 0.236 e. The van der Waals surface area contributed by atoms with Gasteiger partial charge in [0, 0.05) is 25.4 Å². The molecule has 0 aliphatic rings. The van der Waals surface area contributed by atoms with E-state index in [0.29, 0.717) is 12.5 Å². The quantitative estimate of drug-likeness (QED) is 0.741. The smallest absolute Gasteiger partial charge is 0.236 e. The minimum atomic E-state index is -0.370. The summed E-state index contributed by atoms with van der Waals surface area (Å²) in [7, 11) is 1.75. The number of likely N-dealkylation sites (N-methyl/N-ethyl adjacent to an activating group) is 1. The molecule has 6 heteroatoms. The molecule has 0 fully saturated rings. The van der Waals surface area contributed by atoms with Crippen molar-refractivity contribution >= 4 is 17.7 Å². The third-order valence-corrected chi connectivity index (χ3v) is 2.20. The Kier molecular flexibility index (Phi) is 4.04. The van der Waals surface area contributed by atoms with Gasteiger partial charge < -0.3 is 16.0 Å². The number of anilines is 2. The largest absolute Gasteiger partial charge is 0.368 e. The molecular formula is C10H17N5O. The van der Waals surface area contributed by atoms with Gasteiger partial charge in [0.25, 0.3) is 0 Å². The number of aromatic nitrogens is 2. The summed E-state index contributed by atoms with van der Waals surface area (Å²) in [5, 5.41) is 2.86. The van der Waals surface area contributed by atoms with Gasteiger partial charge in [-0.15, -0.1) is 0 Å². The number of aryl methyl sites for hydroxylation is 1. The molecule has 0 atom stereocenters. The number of hydrogen-bond donors (Lipinski definition) is 2. The van der Waals surface area contributed by atoms with Crippen molar-refractivity contribution in [3.05, 3.63) is 11.8 Å². The van der Waals surface area contributed by atoms with Crippen LogP contribution in [0.25, 0.3) is 0 Å². The summed E-state index contributed by atoms with van der Waals surface area (Å²) in [5.41, 5.74) is 6.11. The molecule has 1 heterocycles. The first-order chi connectivity index (χ1) is 7.58. The van der Waals surface area contributed by atoms with Gasteiger partial charge in [0.2, 0.25) is 11.9 Å². The van der Waals surface area contributed by atoms with E-state index < -0.39 is 0 Å². The molecule has 16 heavy (non-hydrogen) atoms. The van der Waals surface area contributed by atoms with Gasteiger partial charge in [-0.3, -0.25) is 4.79 Å². The van der Waals surface area contributed by atoms with Crippen LogP contribution in [0.5, 0.6) is 0 Å². The lowest BCUT2D eigenvalue weighted by Crippen LogP contribution is -2.34. The zero-order chi connectivity index (χ0) is 12.1. The molecule has 1 aromatic heterocycles. The number of primary amides is 1. The monoisotopic (exact) mass is 223 g/mol. The van der Waals surface area contributed by atoms with Gasteiger partial charge in [0.05, 0.1) is 6.54 Å². The first-order valence-electron chi connectivity index (χ1n) is 5.13. The molecule has 0 spiro atoms. The van der Waals surface area contributed by atoms with Gasteiger partial charge in [-0.25, -0.2) is 4.98 Å². The Balaban J connectivity index is 3.02. The van der Waals surface area contributed by atoms with Crippen molar-refractivity contribution in [2.45, 2.75) is 13.8 Å². The van der Waals surface area contributed by atoms with Gasteiger partial charge in [0.15, 0.2) is 0 Å². The zero-order valence-electron chi connectivity index (χ0n) is 9.82. The second kappa shape index (κ2) is 5.29. The molecule has 1 rings (SSSR count). The topological polar surface area (TPSA) is 84.1 Å². The van der Waals surface area contributed by atoms with Crippen molar-refractivity contribution in [3.8, 4) is 0 Å². The molecule has 88 valence electrons. The number of nitrogens with zero attached hydrogens (tertiary/aromatic N) is 3. The summed E-state index contributed by atoms with van der Waals surface area (Å²) in [5.74, 6) is 0.898. The van der Waals surface area contributed by atoms with Gasteiger partial charge in [-0.1, -0.05) is 0 Å². The van der Waals surface area contributed by atoms with Crippen LogP contribution in [0.4, 0.5) is 11.8 Å². The van der Waals surface area contributed by atoms with Crippen molar-refractivity contribution in [1.82, 2.24) is 9.97 Å². The molecule has 0 aromatic carbocycles. The van der Waals surface area contributed by atoms with Crippen LogP contribution >= 0.6 is 0 Å². The average Bonchev–Trinajstić information content (AvgIpc) is 2.26. The average molecular weight is 223 g/mol. The first-order valence-corrected chi connectivity index (χ1v) is 5.13. The number of hydrogen-bond acceptors (Lipinski definition) is 5. The number of nitrogens with two attached hydrogens (primary N) is 1. The van der Waals surface area contributed by atoms with Crippen LogP contribution in [0.2, 0.25) is 0 Å². The van der Waals surface area contributed by atoms with E-state index in [1.165, 1.54) is 0 Å². The minimum Gasteiger partial charge on any atom is -0.368 e. The van der Waals surface area contributed by atoms with Crippen LogP contribution in [-0.2, 0) is 4.79 Å². The van der Waals surface area contributed by atoms with E-state index in [4.69, 9.17) is 5.73 Å². The van der Waals surface area contributed by atoms with E-state index >= 15 is 0 Å². The predicted octanol–water partition coefficient (Wildman–Crippen LogP) is 0.138. The van der Waals surface area contributed by atoms with E-state index in [9.17, 15) is 4.79 Å². The van der Waals surface area contributed by atoms with E-state index in [2.05, 4.69) is 15.3 Å². The Labute approximate surface area is 94.9 Å². The highest BCUT2D eigenvalue weighted by Gasteiger charge is 2.12. The van der Waals surface area contributed by atoms with Crippen molar-refractivity contribution in [3.63, 3.8) is 0 Å². The fourth-order valence-electron chi connectivity index (χ4n) is 1.40. The van der Waals surface area contributed by atoms with Gasteiger partial charge >= 0.3 is 0 Å². The maximum absolute atomic E-state index is 10.9. The SMILES string of the molecule is CCN(CC(N)=O)c1nc(NC)ncc1C. The normalized spacial score (nSPS) is 9.94. The number of carbonyl (C=O) groups is 1. The van der Waals surface area contributed by atoms with Crippen LogP contribution in [0, 0.1) is 6.92 Å². The molecular weight excluding hydrogens is 206 g/mol. The summed E-state index contributed by atoms with van der Waals surface area (Å²) in [6.07, 6.45) is 1.72. The Morgan fingerprint density at radius 2 is 2.31 bits per heavy atom. The second-order valence-electron chi connectivity index (χ2n) is 3.43. The number of nitrogens with one attached hydrogen (secondary N) is 1. The van der Waals surface area contributed by atoms with Crippen LogP contribution in [0.1, 0.15) is 12.5 Å². The Morgan fingerprint density at radius 3 is 2.81 bits per heavy atom. The lowest BCUT2D eigenvalue weighted by Gasteiger charge is -2.22. The highest BCUT2D eigenvalue weighted by molar-refractivity contribution is 5.79.